The van der Waals surface area contributed by atoms with Crippen molar-refractivity contribution < 1.29 is 9.53 Å². The van der Waals surface area contributed by atoms with Crippen molar-refractivity contribution in [2.45, 2.75) is 26.3 Å². The molecule has 6 nitrogen and oxygen atoms in total. The predicted molar refractivity (Wildman–Crippen MR) is 112 cm³/mol. The van der Waals surface area contributed by atoms with E-state index in [4.69, 9.17) is 10.5 Å². The number of nitrogens with two attached hydrogens (primary N) is 1. The summed E-state index contributed by atoms with van der Waals surface area (Å²) in [4.78, 5) is 16.8. The first-order valence-electron chi connectivity index (χ1n) is 10.3. The van der Waals surface area contributed by atoms with E-state index in [2.05, 4.69) is 38.6 Å². The average Bonchev–Trinajstić information content (AvgIpc) is 3.36. The molecule has 0 aliphatic carbocycles. The molecule has 0 bridgehead atoms. The Morgan fingerprint density at radius 1 is 1.04 bits per heavy atom. The van der Waals surface area contributed by atoms with E-state index in [0.717, 1.165) is 69.4 Å². The molecule has 0 radical (unpaired) electrons. The second kappa shape index (κ2) is 8.37. The molecule has 1 amide bonds. The van der Waals surface area contributed by atoms with E-state index in [1.807, 2.05) is 13.0 Å². The van der Waals surface area contributed by atoms with Gasteiger partial charge in [-0.15, -0.1) is 0 Å². The molecule has 1 aromatic heterocycles. The molecular weight excluding hydrogens is 352 g/mol. The first-order chi connectivity index (χ1) is 13.6. The lowest BCUT2D eigenvalue weighted by atomic mass is 10.1. The highest BCUT2D eigenvalue weighted by Crippen LogP contribution is 2.29. The summed E-state index contributed by atoms with van der Waals surface area (Å²) in [5.41, 5.74) is 10.7. The third-order valence-electron chi connectivity index (χ3n) is 6.01. The van der Waals surface area contributed by atoms with E-state index in [1.165, 1.54) is 18.5 Å². The summed E-state index contributed by atoms with van der Waals surface area (Å²) >= 11 is 0. The Kier molecular flexibility index (Phi) is 5.69. The Labute approximate surface area is 166 Å². The number of anilines is 1. The topological polar surface area (TPSA) is 63.7 Å². The number of hydrogen-bond acceptors (Lipinski definition) is 4. The van der Waals surface area contributed by atoms with Crippen LogP contribution in [-0.2, 0) is 11.3 Å². The van der Waals surface area contributed by atoms with Crippen LogP contribution in [0.1, 0.15) is 28.9 Å². The van der Waals surface area contributed by atoms with Gasteiger partial charge in [-0.05, 0) is 43.5 Å². The van der Waals surface area contributed by atoms with Gasteiger partial charge in [-0.1, -0.05) is 12.1 Å². The van der Waals surface area contributed by atoms with E-state index in [1.54, 1.807) is 0 Å². The summed E-state index contributed by atoms with van der Waals surface area (Å²) in [6.45, 7) is 9.55. The van der Waals surface area contributed by atoms with Crippen LogP contribution in [0.2, 0.25) is 0 Å². The minimum atomic E-state index is -0.363. The molecule has 0 atom stereocenters. The zero-order valence-corrected chi connectivity index (χ0v) is 16.7. The maximum absolute atomic E-state index is 11.9. The lowest BCUT2D eigenvalue weighted by molar-refractivity contribution is 0.0364. The van der Waals surface area contributed by atoms with Crippen LogP contribution in [0.25, 0.3) is 11.3 Å². The molecular formula is C22H30N4O2. The highest BCUT2D eigenvalue weighted by molar-refractivity contribution is 5.95. The number of hydrogen-bond donors (Lipinski definition) is 1. The predicted octanol–water partition coefficient (Wildman–Crippen LogP) is 2.49. The molecule has 0 spiro atoms. The molecule has 4 rings (SSSR count). The van der Waals surface area contributed by atoms with Crippen LogP contribution in [0.15, 0.2) is 30.3 Å². The van der Waals surface area contributed by atoms with E-state index >= 15 is 0 Å². The molecule has 2 N–H and O–H groups in total. The van der Waals surface area contributed by atoms with Gasteiger partial charge in [-0.3, -0.25) is 9.69 Å². The lowest BCUT2D eigenvalue weighted by Gasteiger charge is -2.27. The van der Waals surface area contributed by atoms with Crippen molar-refractivity contribution in [2.24, 2.45) is 5.73 Å². The number of carbonyl (C=O) groups excluding carboxylic acids is 1. The number of carbonyl (C=O) groups is 1. The van der Waals surface area contributed by atoms with Gasteiger partial charge in [0.1, 0.15) is 0 Å². The largest absolute Gasteiger partial charge is 0.379 e. The monoisotopic (exact) mass is 382 g/mol. The fourth-order valence-electron chi connectivity index (χ4n) is 4.31. The second-order valence-electron chi connectivity index (χ2n) is 7.74. The zero-order valence-electron chi connectivity index (χ0n) is 16.7. The first kappa shape index (κ1) is 19.0. The average molecular weight is 383 g/mol. The Bertz CT molecular complexity index is 816. The van der Waals surface area contributed by atoms with Gasteiger partial charge >= 0.3 is 0 Å². The molecule has 150 valence electrons. The summed E-state index contributed by atoms with van der Waals surface area (Å²) in [7, 11) is 0. The molecule has 2 fully saturated rings. The van der Waals surface area contributed by atoms with Gasteiger partial charge in [-0.25, -0.2) is 0 Å². The molecule has 1 aromatic carbocycles. The molecule has 2 aliphatic rings. The molecule has 2 saturated heterocycles. The van der Waals surface area contributed by atoms with Crippen LogP contribution in [0.5, 0.6) is 0 Å². The van der Waals surface area contributed by atoms with Gasteiger partial charge in [-0.2, -0.15) is 0 Å². The summed E-state index contributed by atoms with van der Waals surface area (Å²) in [6.07, 6.45) is 2.54. The van der Waals surface area contributed by atoms with Gasteiger partial charge in [0.15, 0.2) is 0 Å². The van der Waals surface area contributed by atoms with Crippen molar-refractivity contribution >= 4 is 11.6 Å². The van der Waals surface area contributed by atoms with Gasteiger partial charge in [0.05, 0.1) is 18.8 Å². The van der Waals surface area contributed by atoms with E-state index in [-0.39, 0.29) is 5.91 Å². The SMILES string of the molecule is Cc1c(C(N)=O)cc(-c2ccc(N3CCCC3)cc2)n1CCN1CCOCC1. The zero-order chi connectivity index (χ0) is 19.5. The maximum atomic E-state index is 11.9. The van der Waals surface area contributed by atoms with Crippen molar-refractivity contribution in [3.63, 3.8) is 0 Å². The van der Waals surface area contributed by atoms with Gasteiger partial charge in [0.2, 0.25) is 0 Å². The quantitative estimate of drug-likeness (QED) is 0.834. The molecule has 28 heavy (non-hydrogen) atoms. The van der Waals surface area contributed by atoms with Crippen LogP contribution in [0.4, 0.5) is 5.69 Å². The minimum Gasteiger partial charge on any atom is -0.379 e. The number of primary amides is 1. The summed E-state index contributed by atoms with van der Waals surface area (Å²) in [5.74, 6) is -0.363. The van der Waals surface area contributed by atoms with Crippen LogP contribution >= 0.6 is 0 Å². The van der Waals surface area contributed by atoms with Crippen molar-refractivity contribution in [2.75, 3.05) is 50.8 Å². The van der Waals surface area contributed by atoms with Crippen molar-refractivity contribution in [1.82, 2.24) is 9.47 Å². The molecule has 3 heterocycles. The van der Waals surface area contributed by atoms with Gasteiger partial charge in [0, 0.05) is 56.3 Å². The molecule has 2 aromatic rings. The van der Waals surface area contributed by atoms with Crippen molar-refractivity contribution in [3.05, 3.63) is 41.6 Å². The third kappa shape index (κ3) is 3.93. The third-order valence-corrected chi connectivity index (χ3v) is 6.01. The van der Waals surface area contributed by atoms with E-state index in [0.29, 0.717) is 5.56 Å². The van der Waals surface area contributed by atoms with Crippen LogP contribution in [0.3, 0.4) is 0 Å². The van der Waals surface area contributed by atoms with Crippen molar-refractivity contribution in [1.29, 1.82) is 0 Å². The molecule has 6 heteroatoms. The summed E-state index contributed by atoms with van der Waals surface area (Å²) < 4.78 is 7.68. The fourth-order valence-corrected chi connectivity index (χ4v) is 4.31. The van der Waals surface area contributed by atoms with Crippen molar-refractivity contribution in [3.8, 4) is 11.3 Å². The normalized spacial score (nSPS) is 18.0. The number of benzene rings is 1. The summed E-state index contributed by atoms with van der Waals surface area (Å²) in [6, 6.07) is 10.7. The number of aromatic nitrogens is 1. The first-order valence-corrected chi connectivity index (χ1v) is 10.3. The number of amides is 1. The Balaban J connectivity index is 1.59. The standard InChI is InChI=1S/C22H30N4O2/c1-17-20(22(23)27)16-21(26(17)11-10-24-12-14-28-15-13-24)18-4-6-19(7-5-18)25-8-2-3-9-25/h4-7,16H,2-3,8-15H2,1H3,(H2,23,27). The second-order valence-corrected chi connectivity index (χ2v) is 7.74. The number of morpholine rings is 1. The van der Waals surface area contributed by atoms with E-state index in [9.17, 15) is 4.79 Å². The number of rotatable bonds is 6. The smallest absolute Gasteiger partial charge is 0.250 e. The fraction of sp³-hybridized carbons (Fsp3) is 0.500. The lowest BCUT2D eigenvalue weighted by Crippen LogP contribution is -2.38. The maximum Gasteiger partial charge on any atom is 0.250 e. The number of nitrogens with zero attached hydrogens (tertiary/aromatic N) is 3. The molecule has 0 saturated carbocycles. The van der Waals surface area contributed by atoms with Crippen LogP contribution in [-0.4, -0.2) is 61.3 Å². The van der Waals surface area contributed by atoms with Gasteiger partial charge in [0.25, 0.3) is 5.91 Å². The summed E-state index contributed by atoms with van der Waals surface area (Å²) in [5, 5.41) is 0. The van der Waals surface area contributed by atoms with Crippen LogP contribution < -0.4 is 10.6 Å². The Morgan fingerprint density at radius 2 is 1.71 bits per heavy atom. The Hall–Kier alpha value is -2.31. The highest BCUT2D eigenvalue weighted by atomic mass is 16.5. The molecule has 0 unspecified atom stereocenters. The van der Waals surface area contributed by atoms with Gasteiger partial charge < -0.3 is 19.9 Å². The number of ether oxygens (including phenoxy) is 1. The highest BCUT2D eigenvalue weighted by Gasteiger charge is 2.19. The molecule has 2 aliphatic heterocycles. The minimum absolute atomic E-state index is 0.363. The van der Waals surface area contributed by atoms with E-state index < -0.39 is 0 Å². The van der Waals surface area contributed by atoms with Crippen LogP contribution in [0, 0.1) is 6.92 Å². The Morgan fingerprint density at radius 3 is 2.36 bits per heavy atom.